The zero-order chi connectivity index (χ0) is 30.8. The molecule has 4 heteroatoms. The molecule has 2 atom stereocenters. The Bertz CT molecular complexity index is 1860. The van der Waals surface area contributed by atoms with Crippen molar-refractivity contribution in [3.8, 4) is 50.6 Å². The average molecular weight is 773 g/mol. The molecule has 2 aliphatic carbocycles. The quantitative estimate of drug-likeness (QED) is 0.185. The molecule has 0 amide bonds. The van der Waals surface area contributed by atoms with Gasteiger partial charge in [-0.3, -0.25) is 9.97 Å². The predicted octanol–water partition coefficient (Wildman–Crippen LogP) is 10.6. The molecule has 0 saturated heterocycles. The van der Waals surface area contributed by atoms with Gasteiger partial charge in [-0.05, 0) is 82.0 Å². The number of aromatic nitrogens is 2. The van der Waals surface area contributed by atoms with Crippen LogP contribution >= 0.6 is 0 Å². The van der Waals surface area contributed by atoms with E-state index >= 15 is 0 Å². The van der Waals surface area contributed by atoms with Crippen molar-refractivity contribution in [1.82, 2.24) is 9.97 Å². The van der Waals surface area contributed by atoms with Crippen molar-refractivity contribution in [2.45, 2.75) is 83.5 Å². The van der Waals surface area contributed by atoms with Crippen LogP contribution in [0.2, 0.25) is 0 Å². The number of phenols is 1. The molecule has 1 fully saturated rings. The van der Waals surface area contributed by atoms with Crippen LogP contribution < -0.4 is 0 Å². The normalized spacial score (nSPS) is 17.2. The first-order valence-corrected chi connectivity index (χ1v) is 15.9. The first-order chi connectivity index (χ1) is 20.9. The van der Waals surface area contributed by atoms with E-state index in [2.05, 4.69) is 108 Å². The van der Waals surface area contributed by atoms with Crippen molar-refractivity contribution >= 4 is 0 Å². The predicted molar refractivity (Wildman–Crippen MR) is 181 cm³/mol. The van der Waals surface area contributed by atoms with E-state index in [-0.39, 0.29) is 37.6 Å². The fourth-order valence-corrected chi connectivity index (χ4v) is 6.91. The van der Waals surface area contributed by atoms with Crippen LogP contribution in [0.5, 0.6) is 5.75 Å². The van der Waals surface area contributed by atoms with Gasteiger partial charge in [-0.2, -0.15) is 0 Å². The molecule has 2 unspecified atom stereocenters. The molecule has 3 nitrogen and oxygen atoms in total. The maximum atomic E-state index is 10.8. The van der Waals surface area contributed by atoms with Crippen LogP contribution in [0.25, 0.3) is 44.9 Å². The fraction of sp³-hybridized carbons (Fsp3) is 0.317. The third kappa shape index (κ3) is 6.05. The minimum absolute atomic E-state index is 0. The minimum Gasteiger partial charge on any atom is -0.507 e. The van der Waals surface area contributed by atoms with Gasteiger partial charge in [0.2, 0.25) is 0 Å². The van der Waals surface area contributed by atoms with Gasteiger partial charge < -0.3 is 5.11 Å². The second-order valence-corrected chi connectivity index (χ2v) is 14.8. The van der Waals surface area contributed by atoms with Crippen LogP contribution in [0.15, 0.2) is 84.9 Å². The largest absolute Gasteiger partial charge is 0.507 e. The fourth-order valence-electron chi connectivity index (χ4n) is 6.91. The second-order valence-electron chi connectivity index (χ2n) is 14.8. The molecule has 2 aromatic heterocycles. The van der Waals surface area contributed by atoms with Crippen molar-refractivity contribution < 1.29 is 26.2 Å². The number of hydrogen-bond acceptors (Lipinski definition) is 3. The Kier molecular flexibility index (Phi) is 8.15. The maximum absolute atomic E-state index is 10.8. The summed E-state index contributed by atoms with van der Waals surface area (Å²) in [6, 6.07) is 33.1. The molecule has 3 aromatic carbocycles. The third-order valence-corrected chi connectivity index (χ3v) is 9.57. The van der Waals surface area contributed by atoms with Crippen LogP contribution in [0.4, 0.5) is 0 Å². The van der Waals surface area contributed by atoms with Gasteiger partial charge in [-0.25, -0.2) is 0 Å². The molecule has 45 heavy (non-hydrogen) atoms. The molecule has 5 aromatic rings. The summed E-state index contributed by atoms with van der Waals surface area (Å²) in [6.07, 6.45) is 3.82. The summed E-state index contributed by atoms with van der Waals surface area (Å²) in [5.41, 5.74) is 12.7. The Hall–Kier alpha value is -3.55. The van der Waals surface area contributed by atoms with Crippen molar-refractivity contribution in [3.63, 3.8) is 0 Å². The molecular weight excluding hydrogens is 732 g/mol. The van der Waals surface area contributed by atoms with Crippen LogP contribution in [0, 0.1) is 6.07 Å². The standard InChI is InChI=1S/C41H41N2O.Pt/c1-40(2,3)31-20-29(21-32(24-31)41(4,5)6)30-22-36(42-37(23-30)34-12-7-8-13-38(34)44)27-11-9-10-26(19-27)35-17-16-33-25-14-15-28(18-25)39(33)43-35;/h7-13,16-17,20-25,28,44H,14-15,18H2,1-6H3;/q-1;. The molecule has 232 valence electrons. The Morgan fingerprint density at radius 2 is 1.27 bits per heavy atom. The molecule has 1 saturated carbocycles. The molecule has 2 bridgehead atoms. The number of phenolic OH excluding ortho intramolecular Hbond substituents is 1. The number of aromatic hydroxyl groups is 1. The third-order valence-electron chi connectivity index (χ3n) is 9.57. The van der Waals surface area contributed by atoms with Crippen LogP contribution in [0.3, 0.4) is 0 Å². The van der Waals surface area contributed by atoms with E-state index in [0.29, 0.717) is 17.4 Å². The summed E-state index contributed by atoms with van der Waals surface area (Å²) in [5.74, 6) is 1.53. The molecule has 2 heterocycles. The zero-order valence-corrected chi connectivity index (χ0v) is 29.3. The molecular formula is C41H41N2OPt-. The van der Waals surface area contributed by atoms with Gasteiger partial charge in [0.15, 0.2) is 0 Å². The van der Waals surface area contributed by atoms with E-state index < -0.39 is 0 Å². The Morgan fingerprint density at radius 3 is 1.96 bits per heavy atom. The van der Waals surface area contributed by atoms with E-state index in [1.165, 1.54) is 41.6 Å². The SMILES string of the molecule is CC(C)(C)c1cc(-c2cc(-c3[c-]c(-c4ccc5c(n4)C4CCC5C4)ccc3)nc(-c3ccccc3O)c2)cc(C(C)(C)C)c1.[Pt]. The summed E-state index contributed by atoms with van der Waals surface area (Å²) in [6.45, 7) is 13.6. The van der Waals surface area contributed by atoms with E-state index in [4.69, 9.17) is 9.97 Å². The van der Waals surface area contributed by atoms with Crippen LogP contribution in [-0.4, -0.2) is 15.1 Å². The Morgan fingerprint density at radius 1 is 0.644 bits per heavy atom. The number of nitrogens with zero attached hydrogens (tertiary/aromatic N) is 2. The van der Waals surface area contributed by atoms with Gasteiger partial charge in [0.25, 0.3) is 0 Å². The number of benzene rings is 3. The van der Waals surface area contributed by atoms with E-state index in [1.807, 2.05) is 18.2 Å². The summed E-state index contributed by atoms with van der Waals surface area (Å²) in [7, 11) is 0. The molecule has 7 rings (SSSR count). The number of para-hydroxylation sites is 1. The maximum Gasteiger partial charge on any atom is 0.124 e. The van der Waals surface area contributed by atoms with Gasteiger partial charge in [0.05, 0.1) is 5.69 Å². The smallest absolute Gasteiger partial charge is 0.124 e. The first kappa shape index (κ1) is 31.4. The van der Waals surface area contributed by atoms with Crippen LogP contribution in [-0.2, 0) is 31.9 Å². The average Bonchev–Trinajstić information content (AvgIpc) is 3.63. The van der Waals surface area contributed by atoms with Crippen molar-refractivity contribution in [2.24, 2.45) is 0 Å². The van der Waals surface area contributed by atoms with Gasteiger partial charge in [-0.1, -0.05) is 101 Å². The monoisotopic (exact) mass is 772 g/mol. The van der Waals surface area contributed by atoms with Gasteiger partial charge >= 0.3 is 0 Å². The molecule has 0 spiro atoms. The summed E-state index contributed by atoms with van der Waals surface area (Å²) < 4.78 is 0. The van der Waals surface area contributed by atoms with Crippen LogP contribution in [0.1, 0.15) is 95.0 Å². The molecule has 0 aliphatic heterocycles. The van der Waals surface area contributed by atoms with Crippen molar-refractivity contribution in [3.05, 3.63) is 113 Å². The van der Waals surface area contributed by atoms with Crippen molar-refractivity contribution in [2.75, 3.05) is 0 Å². The second kappa shape index (κ2) is 11.7. The van der Waals surface area contributed by atoms with E-state index in [9.17, 15) is 5.11 Å². The van der Waals surface area contributed by atoms with Gasteiger partial charge in [-0.15, -0.1) is 24.3 Å². The Labute approximate surface area is 282 Å². The molecule has 0 radical (unpaired) electrons. The van der Waals surface area contributed by atoms with Gasteiger partial charge in [0, 0.05) is 49.6 Å². The Balaban J connectivity index is 0.00000357. The number of fused-ring (bicyclic) bond motifs is 5. The summed E-state index contributed by atoms with van der Waals surface area (Å²) in [4.78, 5) is 10.3. The number of hydrogen-bond donors (Lipinski definition) is 1. The van der Waals surface area contributed by atoms with E-state index in [1.54, 1.807) is 6.07 Å². The topological polar surface area (TPSA) is 46.0 Å². The summed E-state index contributed by atoms with van der Waals surface area (Å²) in [5, 5.41) is 10.8. The van der Waals surface area contributed by atoms with Crippen molar-refractivity contribution in [1.29, 1.82) is 0 Å². The summed E-state index contributed by atoms with van der Waals surface area (Å²) >= 11 is 0. The molecule has 2 aliphatic rings. The number of rotatable bonds is 4. The number of pyridine rings is 2. The zero-order valence-electron chi connectivity index (χ0n) is 27.0. The first-order valence-electron chi connectivity index (χ1n) is 15.9. The van der Waals surface area contributed by atoms with E-state index in [0.717, 1.165) is 39.3 Å². The van der Waals surface area contributed by atoms with Gasteiger partial charge in [0.1, 0.15) is 5.75 Å². The minimum atomic E-state index is -0.00311. The molecule has 1 N–H and O–H groups in total.